The largest absolute Gasteiger partial charge is 0.416 e. The quantitative estimate of drug-likeness (QED) is 0.390. The van der Waals surface area contributed by atoms with E-state index in [-0.39, 0.29) is 12.0 Å². The Kier molecular flexibility index (Phi) is 6.30. The van der Waals surface area contributed by atoms with Crippen LogP contribution in [0.1, 0.15) is 44.4 Å². The molecule has 184 valence electrons. The Hall–Kier alpha value is -3.12. The maximum absolute atomic E-state index is 13.3. The van der Waals surface area contributed by atoms with Crippen LogP contribution in [0.5, 0.6) is 0 Å². The Bertz CT molecular complexity index is 1260. The topological polar surface area (TPSA) is 26.5 Å². The minimum atomic E-state index is -4.36. The van der Waals surface area contributed by atoms with Gasteiger partial charge in [-0.2, -0.15) is 17.7 Å². The Morgan fingerprint density at radius 2 is 1.66 bits per heavy atom. The lowest BCUT2D eigenvalue weighted by atomic mass is 9.80. The number of aliphatic hydroxyl groups excluding tert-OH is 1. The molecule has 0 saturated heterocycles. The summed E-state index contributed by atoms with van der Waals surface area (Å²) >= 11 is 0. The van der Waals surface area contributed by atoms with E-state index in [4.69, 9.17) is 0 Å². The SMILES string of the molecule is C[N+]1=C(/C=C/C=C/C=C2\N(CCO)c3ccccc3C2(C)C)C(C)(C)c2cc(C(F)(F)F)ccc21. The normalized spacial score (nSPS) is 19.9. The fraction of sp³-hybridized carbons (Fsp3) is 0.345. The Morgan fingerprint density at radius 3 is 2.34 bits per heavy atom. The van der Waals surface area contributed by atoms with Crippen LogP contribution in [0.15, 0.2) is 78.5 Å². The molecule has 0 spiro atoms. The maximum Gasteiger partial charge on any atom is 0.416 e. The molecular weight excluding hydrogens is 449 g/mol. The summed E-state index contributed by atoms with van der Waals surface area (Å²) in [5, 5.41) is 9.61. The number of hydrogen-bond donors (Lipinski definition) is 1. The van der Waals surface area contributed by atoms with Gasteiger partial charge in [0, 0.05) is 41.1 Å². The van der Waals surface area contributed by atoms with E-state index in [1.165, 1.54) is 11.6 Å². The lowest BCUT2D eigenvalue weighted by Crippen LogP contribution is -2.28. The first kappa shape index (κ1) is 25.0. The van der Waals surface area contributed by atoms with Crippen LogP contribution in [0.3, 0.4) is 0 Å². The fourth-order valence-electron chi connectivity index (χ4n) is 5.35. The first-order chi connectivity index (χ1) is 16.4. The van der Waals surface area contributed by atoms with Crippen LogP contribution in [0.4, 0.5) is 24.5 Å². The first-order valence-electron chi connectivity index (χ1n) is 11.8. The molecule has 2 heterocycles. The van der Waals surface area contributed by atoms with Crippen LogP contribution in [-0.2, 0) is 17.0 Å². The fourth-order valence-corrected chi connectivity index (χ4v) is 5.35. The number of aliphatic hydroxyl groups is 1. The Balaban J connectivity index is 1.59. The predicted octanol–water partition coefficient (Wildman–Crippen LogP) is 6.50. The van der Waals surface area contributed by atoms with Gasteiger partial charge in [0.05, 0.1) is 17.6 Å². The zero-order chi connectivity index (χ0) is 25.6. The van der Waals surface area contributed by atoms with Crippen molar-refractivity contribution in [3.05, 3.63) is 95.2 Å². The number of rotatable bonds is 5. The summed E-state index contributed by atoms with van der Waals surface area (Å²) in [5.74, 6) is 0. The summed E-state index contributed by atoms with van der Waals surface area (Å²) in [4.78, 5) is 2.15. The van der Waals surface area contributed by atoms with Crippen LogP contribution < -0.4 is 4.90 Å². The van der Waals surface area contributed by atoms with E-state index >= 15 is 0 Å². The van der Waals surface area contributed by atoms with Crippen LogP contribution in [0.2, 0.25) is 0 Å². The molecular formula is C29H32F3N2O+. The molecule has 0 aromatic heterocycles. The van der Waals surface area contributed by atoms with Gasteiger partial charge in [0.1, 0.15) is 7.05 Å². The average molecular weight is 482 g/mol. The number of anilines is 1. The summed E-state index contributed by atoms with van der Waals surface area (Å²) in [6, 6.07) is 12.2. The van der Waals surface area contributed by atoms with Crippen molar-refractivity contribution < 1.29 is 22.9 Å². The third-order valence-corrected chi connectivity index (χ3v) is 7.21. The van der Waals surface area contributed by atoms with Gasteiger partial charge >= 0.3 is 6.18 Å². The monoisotopic (exact) mass is 481 g/mol. The number of alkyl halides is 3. The highest BCUT2D eigenvalue weighted by Crippen LogP contribution is 2.47. The maximum atomic E-state index is 13.3. The lowest BCUT2D eigenvalue weighted by molar-refractivity contribution is -0.401. The molecule has 0 atom stereocenters. The molecule has 2 aliphatic heterocycles. The second-order valence-corrected chi connectivity index (χ2v) is 10.1. The summed E-state index contributed by atoms with van der Waals surface area (Å²) < 4.78 is 41.8. The van der Waals surface area contributed by atoms with Gasteiger partial charge in [0.25, 0.3) is 0 Å². The number of benzene rings is 2. The average Bonchev–Trinajstić information content (AvgIpc) is 3.12. The van der Waals surface area contributed by atoms with Gasteiger partial charge in [0.2, 0.25) is 5.69 Å². The van der Waals surface area contributed by atoms with Crippen LogP contribution in [0, 0.1) is 0 Å². The summed E-state index contributed by atoms with van der Waals surface area (Å²) in [5.41, 5.74) is 4.47. The zero-order valence-electron chi connectivity index (χ0n) is 20.8. The molecule has 0 unspecified atom stereocenters. The number of allylic oxidation sites excluding steroid dienone is 6. The summed E-state index contributed by atoms with van der Waals surface area (Å²) in [7, 11) is 1.89. The summed E-state index contributed by atoms with van der Waals surface area (Å²) in [6.07, 6.45) is 5.50. The number of nitrogens with zero attached hydrogens (tertiary/aromatic N) is 2. The zero-order valence-corrected chi connectivity index (χ0v) is 20.8. The molecule has 3 nitrogen and oxygen atoms in total. The van der Waals surface area contributed by atoms with Crippen molar-refractivity contribution in [2.24, 2.45) is 0 Å². The van der Waals surface area contributed by atoms with Gasteiger partial charge < -0.3 is 10.0 Å². The predicted molar refractivity (Wildman–Crippen MR) is 136 cm³/mol. The van der Waals surface area contributed by atoms with Crippen LogP contribution in [-0.4, -0.2) is 35.6 Å². The van der Waals surface area contributed by atoms with Gasteiger partial charge in [-0.25, -0.2) is 0 Å². The number of fused-ring (bicyclic) bond motifs is 2. The molecule has 0 aliphatic carbocycles. The van der Waals surface area contributed by atoms with Crippen molar-refractivity contribution in [3.63, 3.8) is 0 Å². The molecule has 35 heavy (non-hydrogen) atoms. The number of halogens is 3. The highest BCUT2D eigenvalue weighted by Gasteiger charge is 2.45. The molecule has 2 aliphatic rings. The van der Waals surface area contributed by atoms with Gasteiger partial charge in [-0.3, -0.25) is 0 Å². The Labute approximate surface area is 205 Å². The molecule has 4 rings (SSSR count). The minimum Gasteiger partial charge on any atom is -0.395 e. The van der Waals surface area contributed by atoms with Crippen molar-refractivity contribution in [2.75, 3.05) is 25.1 Å². The number of hydrogen-bond acceptors (Lipinski definition) is 2. The van der Waals surface area contributed by atoms with E-state index in [2.05, 4.69) is 37.0 Å². The van der Waals surface area contributed by atoms with Crippen molar-refractivity contribution in [3.8, 4) is 0 Å². The second kappa shape index (κ2) is 8.83. The van der Waals surface area contributed by atoms with E-state index in [0.29, 0.717) is 12.1 Å². The smallest absolute Gasteiger partial charge is 0.395 e. The van der Waals surface area contributed by atoms with E-state index in [9.17, 15) is 18.3 Å². The van der Waals surface area contributed by atoms with E-state index in [1.54, 1.807) is 6.07 Å². The van der Waals surface area contributed by atoms with Crippen LogP contribution in [0.25, 0.3) is 0 Å². The van der Waals surface area contributed by atoms with E-state index in [0.717, 1.165) is 28.8 Å². The van der Waals surface area contributed by atoms with Gasteiger partial charge in [-0.15, -0.1) is 0 Å². The van der Waals surface area contributed by atoms with Gasteiger partial charge in [-0.05, 0) is 43.7 Å². The number of β-amino-alcohol motifs (C(OH)–C–C–N with tert-alkyl or cyclic N) is 1. The Morgan fingerprint density at radius 1 is 0.943 bits per heavy atom. The summed E-state index contributed by atoms with van der Waals surface area (Å²) in [6.45, 7) is 8.83. The molecule has 0 bridgehead atoms. The van der Waals surface area contributed by atoms with Crippen molar-refractivity contribution in [1.29, 1.82) is 0 Å². The van der Waals surface area contributed by atoms with Crippen molar-refractivity contribution in [1.82, 2.24) is 0 Å². The lowest BCUT2D eigenvalue weighted by Gasteiger charge is -2.26. The molecule has 0 radical (unpaired) electrons. The first-order valence-corrected chi connectivity index (χ1v) is 11.8. The second-order valence-electron chi connectivity index (χ2n) is 10.1. The van der Waals surface area contributed by atoms with E-state index in [1.807, 2.05) is 61.9 Å². The van der Waals surface area contributed by atoms with Crippen molar-refractivity contribution >= 4 is 17.1 Å². The van der Waals surface area contributed by atoms with E-state index < -0.39 is 17.2 Å². The standard InChI is InChI=1S/C29H32F3N2O/c1-27(2)21-11-9-10-12-24(21)34(17-18-35)26(27)14-8-6-7-13-25-28(3,4)22-19-20(29(30,31)32)15-16-23(22)33(25)5/h6-16,19,35H,17-18H2,1-5H3/q+1. The minimum absolute atomic E-state index is 0.0573. The molecule has 0 saturated carbocycles. The highest BCUT2D eigenvalue weighted by molar-refractivity contribution is 6.03. The number of para-hydroxylation sites is 1. The van der Waals surface area contributed by atoms with Crippen LogP contribution >= 0.6 is 0 Å². The highest BCUT2D eigenvalue weighted by atomic mass is 19.4. The van der Waals surface area contributed by atoms with Crippen molar-refractivity contribution in [2.45, 2.75) is 44.7 Å². The third-order valence-electron chi connectivity index (χ3n) is 7.21. The molecule has 0 fully saturated rings. The molecule has 2 aromatic carbocycles. The van der Waals surface area contributed by atoms with Gasteiger partial charge in [-0.1, -0.05) is 50.3 Å². The molecule has 2 aromatic rings. The van der Waals surface area contributed by atoms with Gasteiger partial charge in [0.15, 0.2) is 5.71 Å². The molecule has 1 N–H and O–H groups in total. The third kappa shape index (κ3) is 4.25. The molecule has 0 amide bonds. The molecule has 6 heteroatoms.